The molecule has 0 spiro atoms. The van der Waals surface area contributed by atoms with Gasteiger partial charge in [-0.3, -0.25) is 0 Å². The van der Waals surface area contributed by atoms with Crippen LogP contribution in [-0.2, 0) is 13.1 Å². The highest BCUT2D eigenvalue weighted by atomic mass is 16.3. The lowest BCUT2D eigenvalue weighted by molar-refractivity contribution is 0.445. The summed E-state index contributed by atoms with van der Waals surface area (Å²) < 4.78 is 7.88. The van der Waals surface area contributed by atoms with E-state index in [1.54, 1.807) is 0 Å². The second kappa shape index (κ2) is 5.40. The third-order valence-electron chi connectivity index (χ3n) is 3.02. The molecule has 0 saturated carbocycles. The maximum Gasteiger partial charge on any atom is 0.118 e. The monoisotopic (exact) mass is 247 g/mol. The van der Waals surface area contributed by atoms with Crippen LogP contribution in [0.25, 0.3) is 0 Å². The van der Waals surface area contributed by atoms with Crippen LogP contribution in [0.2, 0.25) is 0 Å². The smallest absolute Gasteiger partial charge is 0.118 e. The zero-order valence-electron chi connectivity index (χ0n) is 11.5. The number of aromatic nitrogens is 2. The third kappa shape index (κ3) is 3.01. The van der Waals surface area contributed by atoms with E-state index < -0.39 is 0 Å². The molecule has 0 unspecified atom stereocenters. The second-order valence-corrected chi connectivity index (χ2v) is 4.93. The molecule has 0 aliphatic heterocycles. The average Bonchev–Trinajstić information content (AvgIpc) is 2.85. The van der Waals surface area contributed by atoms with Crippen molar-refractivity contribution in [2.75, 3.05) is 0 Å². The Kier molecular flexibility index (Phi) is 3.87. The van der Waals surface area contributed by atoms with Gasteiger partial charge in [0, 0.05) is 24.0 Å². The number of hydrogen-bond acceptors (Lipinski definition) is 3. The first-order chi connectivity index (χ1) is 8.56. The van der Waals surface area contributed by atoms with Gasteiger partial charge in [-0.25, -0.2) is 4.98 Å². The molecular formula is C14H21N3O. The molecular weight excluding hydrogens is 226 g/mol. The summed E-state index contributed by atoms with van der Waals surface area (Å²) in [6.07, 6.45) is 3.82. The van der Waals surface area contributed by atoms with Crippen molar-refractivity contribution in [2.45, 2.75) is 46.8 Å². The van der Waals surface area contributed by atoms with Crippen LogP contribution in [0.15, 0.2) is 22.9 Å². The van der Waals surface area contributed by atoms with E-state index in [0.29, 0.717) is 6.04 Å². The summed E-state index contributed by atoms with van der Waals surface area (Å²) in [7, 11) is 0. The van der Waals surface area contributed by atoms with Crippen molar-refractivity contribution in [3.8, 4) is 0 Å². The largest absolute Gasteiger partial charge is 0.465 e. The predicted molar refractivity (Wildman–Crippen MR) is 71.5 cm³/mol. The van der Waals surface area contributed by atoms with Crippen LogP contribution in [-0.4, -0.2) is 15.6 Å². The summed E-state index contributed by atoms with van der Waals surface area (Å²) in [4.78, 5) is 4.23. The van der Waals surface area contributed by atoms with Crippen molar-refractivity contribution in [2.24, 2.45) is 0 Å². The number of nitrogens with zero attached hydrogens (tertiary/aromatic N) is 2. The van der Waals surface area contributed by atoms with E-state index in [1.807, 2.05) is 26.2 Å². The van der Waals surface area contributed by atoms with Crippen LogP contribution in [0.5, 0.6) is 0 Å². The minimum Gasteiger partial charge on any atom is -0.465 e. The number of nitrogens with one attached hydrogen (secondary N) is 1. The SMILES string of the molecule is Cc1oc(CNC(C)C)cc1Cn1ccnc1C. The molecule has 0 bridgehead atoms. The van der Waals surface area contributed by atoms with Crippen LogP contribution in [0, 0.1) is 13.8 Å². The molecule has 2 aromatic rings. The third-order valence-corrected chi connectivity index (χ3v) is 3.02. The Morgan fingerprint density at radius 1 is 1.39 bits per heavy atom. The van der Waals surface area contributed by atoms with Gasteiger partial charge in [0.05, 0.1) is 13.1 Å². The summed E-state index contributed by atoms with van der Waals surface area (Å²) in [6.45, 7) is 9.89. The van der Waals surface area contributed by atoms with E-state index in [9.17, 15) is 0 Å². The molecule has 18 heavy (non-hydrogen) atoms. The van der Waals surface area contributed by atoms with Crippen LogP contribution in [0.4, 0.5) is 0 Å². The molecule has 2 heterocycles. The Morgan fingerprint density at radius 2 is 2.17 bits per heavy atom. The van der Waals surface area contributed by atoms with Gasteiger partial charge in [0.15, 0.2) is 0 Å². The highest BCUT2D eigenvalue weighted by Gasteiger charge is 2.09. The van der Waals surface area contributed by atoms with Gasteiger partial charge in [0.2, 0.25) is 0 Å². The lowest BCUT2D eigenvalue weighted by Gasteiger charge is -2.04. The molecule has 0 amide bonds. The molecule has 0 aliphatic rings. The van der Waals surface area contributed by atoms with Crippen molar-refractivity contribution in [1.82, 2.24) is 14.9 Å². The highest BCUT2D eigenvalue weighted by Crippen LogP contribution is 2.16. The van der Waals surface area contributed by atoms with Gasteiger partial charge in [0.25, 0.3) is 0 Å². The summed E-state index contributed by atoms with van der Waals surface area (Å²) in [5.74, 6) is 3.01. The molecule has 0 aliphatic carbocycles. The first kappa shape index (κ1) is 12.9. The summed E-state index contributed by atoms with van der Waals surface area (Å²) >= 11 is 0. The maximum absolute atomic E-state index is 5.76. The molecule has 98 valence electrons. The predicted octanol–water partition coefficient (Wildman–Crippen LogP) is 2.64. The minimum atomic E-state index is 0.467. The van der Waals surface area contributed by atoms with Crippen molar-refractivity contribution in [3.05, 3.63) is 41.4 Å². The quantitative estimate of drug-likeness (QED) is 0.883. The zero-order chi connectivity index (χ0) is 13.1. The number of hydrogen-bond donors (Lipinski definition) is 1. The zero-order valence-corrected chi connectivity index (χ0v) is 11.5. The molecule has 4 nitrogen and oxygen atoms in total. The van der Waals surface area contributed by atoms with Crippen LogP contribution >= 0.6 is 0 Å². The van der Waals surface area contributed by atoms with Crippen molar-refractivity contribution < 1.29 is 4.42 Å². The summed E-state index contributed by atoms with van der Waals surface area (Å²) in [6, 6.07) is 2.60. The van der Waals surface area contributed by atoms with E-state index in [4.69, 9.17) is 4.42 Å². The molecule has 1 N–H and O–H groups in total. The number of imidazole rings is 1. The Balaban J connectivity index is 2.07. The van der Waals surface area contributed by atoms with Crippen LogP contribution < -0.4 is 5.32 Å². The van der Waals surface area contributed by atoms with Gasteiger partial charge in [0.1, 0.15) is 17.3 Å². The van der Waals surface area contributed by atoms with Crippen molar-refractivity contribution >= 4 is 0 Å². The van der Waals surface area contributed by atoms with Crippen LogP contribution in [0.1, 0.15) is 36.8 Å². The highest BCUT2D eigenvalue weighted by molar-refractivity contribution is 5.21. The average molecular weight is 247 g/mol. The van der Waals surface area contributed by atoms with E-state index >= 15 is 0 Å². The van der Waals surface area contributed by atoms with E-state index in [0.717, 1.165) is 30.4 Å². The summed E-state index contributed by atoms with van der Waals surface area (Å²) in [5, 5.41) is 3.36. The van der Waals surface area contributed by atoms with Gasteiger partial charge >= 0.3 is 0 Å². The fraction of sp³-hybridized carbons (Fsp3) is 0.500. The minimum absolute atomic E-state index is 0.467. The maximum atomic E-state index is 5.76. The van der Waals surface area contributed by atoms with Gasteiger partial charge in [-0.1, -0.05) is 13.8 Å². The fourth-order valence-electron chi connectivity index (χ4n) is 1.89. The standard InChI is InChI=1S/C14H21N3O/c1-10(2)16-8-14-7-13(11(3)18-14)9-17-6-5-15-12(17)4/h5-7,10,16H,8-9H2,1-4H3. The lowest BCUT2D eigenvalue weighted by atomic mass is 10.2. The molecule has 0 fully saturated rings. The molecule has 0 saturated heterocycles. The summed E-state index contributed by atoms with van der Waals surface area (Å²) in [5.41, 5.74) is 1.22. The fourth-order valence-corrected chi connectivity index (χ4v) is 1.89. The van der Waals surface area contributed by atoms with Crippen LogP contribution in [0.3, 0.4) is 0 Å². The first-order valence-corrected chi connectivity index (χ1v) is 6.35. The van der Waals surface area contributed by atoms with E-state index in [-0.39, 0.29) is 0 Å². The van der Waals surface area contributed by atoms with Crippen molar-refractivity contribution in [3.63, 3.8) is 0 Å². The second-order valence-electron chi connectivity index (χ2n) is 4.93. The lowest BCUT2D eigenvalue weighted by Crippen LogP contribution is -2.21. The Bertz CT molecular complexity index is 511. The van der Waals surface area contributed by atoms with E-state index in [2.05, 4.69) is 34.8 Å². The molecule has 2 aromatic heterocycles. The number of aryl methyl sites for hydroxylation is 2. The van der Waals surface area contributed by atoms with Gasteiger partial charge in [-0.05, 0) is 19.9 Å². The number of furan rings is 1. The Hall–Kier alpha value is -1.55. The number of rotatable bonds is 5. The van der Waals surface area contributed by atoms with E-state index in [1.165, 1.54) is 5.56 Å². The van der Waals surface area contributed by atoms with Gasteiger partial charge < -0.3 is 14.3 Å². The molecule has 0 radical (unpaired) electrons. The Morgan fingerprint density at radius 3 is 2.78 bits per heavy atom. The Labute approximate surface area is 108 Å². The van der Waals surface area contributed by atoms with Crippen molar-refractivity contribution in [1.29, 1.82) is 0 Å². The molecule has 0 atom stereocenters. The first-order valence-electron chi connectivity index (χ1n) is 6.35. The van der Waals surface area contributed by atoms with Gasteiger partial charge in [-0.15, -0.1) is 0 Å². The van der Waals surface area contributed by atoms with Gasteiger partial charge in [-0.2, -0.15) is 0 Å². The topological polar surface area (TPSA) is 43.0 Å². The molecule has 2 rings (SSSR count). The molecule has 0 aromatic carbocycles. The molecule has 4 heteroatoms. The normalized spacial score (nSPS) is 11.4.